The Morgan fingerprint density at radius 1 is 1.39 bits per heavy atom. The first kappa shape index (κ1) is 12.8. The molecule has 0 bridgehead atoms. The van der Waals surface area contributed by atoms with Crippen LogP contribution >= 0.6 is 0 Å². The van der Waals surface area contributed by atoms with Crippen LogP contribution in [0.25, 0.3) is 10.9 Å². The standard InChI is InChI=1S/C14H19N3O/c1-10(18)9-17(2)14-11(7-15)8-16-13-6-4-3-5-12(13)14/h3-6,8,10,18H,7,9,15H2,1-2H3. The number of para-hydroxylation sites is 1. The largest absolute Gasteiger partial charge is 0.392 e. The number of aromatic nitrogens is 1. The summed E-state index contributed by atoms with van der Waals surface area (Å²) >= 11 is 0. The molecule has 1 unspecified atom stereocenters. The van der Waals surface area contributed by atoms with E-state index < -0.39 is 0 Å². The van der Waals surface area contributed by atoms with Gasteiger partial charge in [-0.25, -0.2) is 0 Å². The zero-order valence-corrected chi connectivity index (χ0v) is 10.8. The van der Waals surface area contributed by atoms with Crippen LogP contribution in [0.5, 0.6) is 0 Å². The molecular formula is C14H19N3O. The zero-order valence-electron chi connectivity index (χ0n) is 10.8. The molecule has 3 N–H and O–H groups in total. The van der Waals surface area contributed by atoms with Gasteiger partial charge in [0.25, 0.3) is 0 Å². The summed E-state index contributed by atoms with van der Waals surface area (Å²) in [4.78, 5) is 6.44. The molecule has 0 radical (unpaired) electrons. The van der Waals surface area contributed by atoms with Crippen molar-refractivity contribution in [2.24, 2.45) is 5.73 Å². The number of nitrogens with zero attached hydrogens (tertiary/aromatic N) is 2. The summed E-state index contributed by atoms with van der Waals surface area (Å²) < 4.78 is 0. The Labute approximate surface area is 107 Å². The zero-order chi connectivity index (χ0) is 13.1. The summed E-state index contributed by atoms with van der Waals surface area (Å²) in [6, 6.07) is 7.98. The van der Waals surface area contributed by atoms with Gasteiger partial charge in [-0.05, 0) is 13.0 Å². The number of aliphatic hydroxyl groups is 1. The maximum absolute atomic E-state index is 9.53. The van der Waals surface area contributed by atoms with E-state index in [2.05, 4.69) is 4.98 Å². The summed E-state index contributed by atoms with van der Waals surface area (Å²) in [6.45, 7) is 2.79. The molecule has 4 nitrogen and oxygen atoms in total. The lowest BCUT2D eigenvalue weighted by atomic mass is 10.1. The third-order valence-electron chi connectivity index (χ3n) is 2.96. The number of anilines is 1. The van der Waals surface area contributed by atoms with Gasteiger partial charge in [0.05, 0.1) is 17.3 Å². The molecule has 1 aromatic heterocycles. The van der Waals surface area contributed by atoms with Gasteiger partial charge >= 0.3 is 0 Å². The van der Waals surface area contributed by atoms with Gasteiger partial charge in [-0.2, -0.15) is 0 Å². The summed E-state index contributed by atoms with van der Waals surface area (Å²) in [5.41, 5.74) is 8.78. The average molecular weight is 245 g/mol. The van der Waals surface area contributed by atoms with E-state index in [1.807, 2.05) is 42.4 Å². The summed E-state index contributed by atoms with van der Waals surface area (Å²) in [7, 11) is 1.97. The van der Waals surface area contributed by atoms with Gasteiger partial charge in [-0.1, -0.05) is 18.2 Å². The maximum atomic E-state index is 9.53. The van der Waals surface area contributed by atoms with Gasteiger partial charge < -0.3 is 15.7 Å². The quantitative estimate of drug-likeness (QED) is 0.857. The van der Waals surface area contributed by atoms with Crippen LogP contribution in [-0.2, 0) is 6.54 Å². The Bertz CT molecular complexity index is 540. The van der Waals surface area contributed by atoms with Crippen molar-refractivity contribution in [1.29, 1.82) is 0 Å². The molecule has 2 rings (SSSR count). The van der Waals surface area contributed by atoms with E-state index in [1.165, 1.54) is 0 Å². The smallest absolute Gasteiger partial charge is 0.0723 e. The lowest BCUT2D eigenvalue weighted by Gasteiger charge is -2.25. The predicted octanol–water partition coefficient (Wildman–Crippen LogP) is 1.51. The van der Waals surface area contributed by atoms with Crippen molar-refractivity contribution < 1.29 is 5.11 Å². The van der Waals surface area contributed by atoms with E-state index in [9.17, 15) is 5.11 Å². The highest BCUT2D eigenvalue weighted by atomic mass is 16.3. The molecule has 1 atom stereocenters. The maximum Gasteiger partial charge on any atom is 0.0723 e. The number of nitrogens with two attached hydrogens (primary N) is 1. The molecule has 0 saturated heterocycles. The minimum absolute atomic E-state index is 0.382. The minimum Gasteiger partial charge on any atom is -0.392 e. The van der Waals surface area contributed by atoms with E-state index in [-0.39, 0.29) is 6.10 Å². The molecule has 0 saturated carbocycles. The fourth-order valence-corrected chi connectivity index (χ4v) is 2.26. The number of hydrogen-bond acceptors (Lipinski definition) is 4. The second-order valence-electron chi connectivity index (χ2n) is 4.58. The van der Waals surface area contributed by atoms with E-state index in [1.54, 1.807) is 6.92 Å². The third-order valence-corrected chi connectivity index (χ3v) is 2.96. The van der Waals surface area contributed by atoms with Gasteiger partial charge in [0, 0.05) is 37.3 Å². The normalized spacial score (nSPS) is 12.7. The highest BCUT2D eigenvalue weighted by molar-refractivity contribution is 5.93. The molecule has 0 amide bonds. The Hall–Kier alpha value is -1.65. The van der Waals surface area contributed by atoms with Crippen molar-refractivity contribution in [2.75, 3.05) is 18.5 Å². The first-order chi connectivity index (χ1) is 8.63. The van der Waals surface area contributed by atoms with Crippen LogP contribution in [0.4, 0.5) is 5.69 Å². The number of likely N-dealkylation sites (N-methyl/N-ethyl adjacent to an activating group) is 1. The Morgan fingerprint density at radius 2 is 2.11 bits per heavy atom. The van der Waals surface area contributed by atoms with Crippen LogP contribution in [0.15, 0.2) is 30.5 Å². The van der Waals surface area contributed by atoms with Crippen LogP contribution in [0, 0.1) is 0 Å². The van der Waals surface area contributed by atoms with Crippen LogP contribution in [0.1, 0.15) is 12.5 Å². The van der Waals surface area contributed by atoms with Crippen LogP contribution in [-0.4, -0.2) is 29.8 Å². The summed E-state index contributed by atoms with van der Waals surface area (Å²) in [5.74, 6) is 0. The van der Waals surface area contributed by atoms with E-state index in [0.29, 0.717) is 13.1 Å². The van der Waals surface area contributed by atoms with Gasteiger partial charge in [-0.15, -0.1) is 0 Å². The van der Waals surface area contributed by atoms with Gasteiger partial charge in [0.15, 0.2) is 0 Å². The molecular weight excluding hydrogens is 226 g/mol. The Kier molecular flexibility index (Phi) is 3.79. The van der Waals surface area contributed by atoms with Crippen molar-refractivity contribution in [3.63, 3.8) is 0 Å². The lowest BCUT2D eigenvalue weighted by molar-refractivity contribution is 0.201. The molecule has 18 heavy (non-hydrogen) atoms. The molecule has 0 aliphatic carbocycles. The van der Waals surface area contributed by atoms with Crippen molar-refractivity contribution in [3.8, 4) is 0 Å². The number of aliphatic hydroxyl groups excluding tert-OH is 1. The molecule has 0 aliphatic rings. The number of fused-ring (bicyclic) bond motifs is 1. The third kappa shape index (κ3) is 2.44. The summed E-state index contributed by atoms with van der Waals surface area (Å²) in [6.07, 6.45) is 1.43. The topological polar surface area (TPSA) is 62.4 Å². The van der Waals surface area contributed by atoms with E-state index in [0.717, 1.165) is 22.2 Å². The van der Waals surface area contributed by atoms with Crippen LogP contribution in [0.2, 0.25) is 0 Å². The summed E-state index contributed by atoms with van der Waals surface area (Å²) in [5, 5.41) is 10.6. The van der Waals surface area contributed by atoms with Crippen molar-refractivity contribution in [1.82, 2.24) is 4.98 Å². The average Bonchev–Trinajstić information content (AvgIpc) is 2.36. The van der Waals surface area contributed by atoms with Crippen molar-refractivity contribution >= 4 is 16.6 Å². The molecule has 2 aromatic rings. The second kappa shape index (κ2) is 5.33. The number of pyridine rings is 1. The van der Waals surface area contributed by atoms with Crippen molar-refractivity contribution in [3.05, 3.63) is 36.0 Å². The fraction of sp³-hybridized carbons (Fsp3) is 0.357. The second-order valence-corrected chi connectivity index (χ2v) is 4.58. The fourth-order valence-electron chi connectivity index (χ4n) is 2.26. The Balaban J connectivity index is 2.57. The minimum atomic E-state index is -0.382. The van der Waals surface area contributed by atoms with Gasteiger partial charge in [0.2, 0.25) is 0 Å². The Morgan fingerprint density at radius 3 is 2.78 bits per heavy atom. The van der Waals surface area contributed by atoms with Crippen molar-refractivity contribution in [2.45, 2.75) is 19.6 Å². The van der Waals surface area contributed by atoms with E-state index in [4.69, 9.17) is 5.73 Å². The van der Waals surface area contributed by atoms with Gasteiger partial charge in [-0.3, -0.25) is 4.98 Å². The molecule has 4 heteroatoms. The first-order valence-electron chi connectivity index (χ1n) is 6.09. The van der Waals surface area contributed by atoms with Gasteiger partial charge in [0.1, 0.15) is 0 Å². The molecule has 1 heterocycles. The highest BCUT2D eigenvalue weighted by Gasteiger charge is 2.13. The number of hydrogen-bond donors (Lipinski definition) is 2. The molecule has 1 aromatic carbocycles. The highest BCUT2D eigenvalue weighted by Crippen LogP contribution is 2.28. The molecule has 0 spiro atoms. The SMILES string of the molecule is CC(O)CN(C)c1c(CN)cnc2ccccc12. The van der Waals surface area contributed by atoms with E-state index >= 15 is 0 Å². The number of rotatable bonds is 4. The molecule has 0 fully saturated rings. The first-order valence-corrected chi connectivity index (χ1v) is 6.09. The number of benzene rings is 1. The monoisotopic (exact) mass is 245 g/mol. The van der Waals surface area contributed by atoms with Crippen LogP contribution < -0.4 is 10.6 Å². The predicted molar refractivity (Wildman–Crippen MR) is 74.6 cm³/mol. The molecule has 0 aliphatic heterocycles. The van der Waals surface area contributed by atoms with Crippen LogP contribution in [0.3, 0.4) is 0 Å². The lowest BCUT2D eigenvalue weighted by Crippen LogP contribution is -2.28. The molecule has 96 valence electrons.